The van der Waals surface area contributed by atoms with Gasteiger partial charge in [-0.05, 0) is 53.6 Å². The number of anilines is 3. The maximum absolute atomic E-state index is 13.4. The Labute approximate surface area is 253 Å². The summed E-state index contributed by atoms with van der Waals surface area (Å²) in [6, 6.07) is 17.4. The summed E-state index contributed by atoms with van der Waals surface area (Å²) in [6.07, 6.45) is -1.47. The molecule has 1 unspecified atom stereocenters. The number of amides is 3. The molecule has 3 aromatic carbocycles. The fourth-order valence-corrected chi connectivity index (χ4v) is 4.73. The molecule has 232 valence electrons. The molecule has 1 aliphatic heterocycles. The number of alkyl halides is 3. The van der Waals surface area contributed by atoms with Crippen LogP contribution in [0.25, 0.3) is 6.08 Å². The smallest absolute Gasteiger partial charge is 0.397 e. The minimum atomic E-state index is -4.48. The van der Waals surface area contributed by atoms with Gasteiger partial charge in [0.2, 0.25) is 17.7 Å². The lowest BCUT2D eigenvalue weighted by atomic mass is 10.0. The number of piperazine rings is 1. The largest absolute Gasteiger partial charge is 0.416 e. The summed E-state index contributed by atoms with van der Waals surface area (Å²) < 4.78 is 38.9. The van der Waals surface area contributed by atoms with Crippen LogP contribution in [0.2, 0.25) is 0 Å². The zero-order valence-electron chi connectivity index (χ0n) is 24.2. The molecular formula is C32H35F3N6O3. The van der Waals surface area contributed by atoms with Crippen LogP contribution in [0.15, 0.2) is 78.9 Å². The number of benzene rings is 3. The third-order valence-corrected chi connectivity index (χ3v) is 7.25. The number of nitrogens with zero attached hydrogens (tertiary/aromatic N) is 2. The highest BCUT2D eigenvalue weighted by molar-refractivity contribution is 6.03. The first kappa shape index (κ1) is 32.2. The molecule has 0 aliphatic carbocycles. The molecule has 0 spiro atoms. The molecule has 1 fully saturated rings. The monoisotopic (exact) mass is 608 g/mol. The van der Waals surface area contributed by atoms with Gasteiger partial charge in [-0.15, -0.1) is 0 Å². The maximum Gasteiger partial charge on any atom is 0.416 e. The average molecular weight is 609 g/mol. The van der Waals surface area contributed by atoms with Crippen molar-refractivity contribution in [3.05, 3.63) is 95.6 Å². The quantitative estimate of drug-likeness (QED) is 0.201. The first-order chi connectivity index (χ1) is 21.0. The molecular weight excluding hydrogens is 573 g/mol. The Morgan fingerprint density at radius 2 is 1.57 bits per heavy atom. The lowest BCUT2D eigenvalue weighted by molar-refractivity contribution is -0.137. The lowest BCUT2D eigenvalue weighted by Gasteiger charge is -2.34. The Hall–Kier alpha value is -4.68. The molecule has 1 heterocycles. The normalized spacial score (nSPS) is 14.8. The van der Waals surface area contributed by atoms with Crippen LogP contribution in [-0.4, -0.2) is 66.8 Å². The molecule has 44 heavy (non-hydrogen) atoms. The number of carbonyl (C=O) groups is 3. The number of halogens is 3. The number of rotatable bonds is 10. The molecule has 1 saturated heterocycles. The molecule has 4 rings (SSSR count). The Morgan fingerprint density at radius 1 is 0.909 bits per heavy atom. The van der Waals surface area contributed by atoms with E-state index in [1.807, 2.05) is 0 Å². The Morgan fingerprint density at radius 3 is 2.18 bits per heavy atom. The summed E-state index contributed by atoms with van der Waals surface area (Å²) >= 11 is 0. The fourth-order valence-electron chi connectivity index (χ4n) is 4.73. The summed E-state index contributed by atoms with van der Waals surface area (Å²) in [7, 11) is 0. The molecule has 9 nitrogen and oxygen atoms in total. The van der Waals surface area contributed by atoms with E-state index in [-0.39, 0.29) is 17.5 Å². The Bertz CT molecular complexity index is 1470. The highest BCUT2D eigenvalue weighted by Crippen LogP contribution is 2.30. The molecule has 0 saturated carbocycles. The van der Waals surface area contributed by atoms with E-state index in [0.717, 1.165) is 30.8 Å². The SMILES string of the molecule is CC(=O)N1CCN(CCNC(C(=O)Nc2ccc(C(F)(F)F)cc2)c2ccc(C=CC(=O)Nc3ccccc3N)cc2)CC1. The summed E-state index contributed by atoms with van der Waals surface area (Å²) in [5, 5.41) is 8.69. The van der Waals surface area contributed by atoms with Crippen molar-refractivity contribution in [2.45, 2.75) is 19.1 Å². The summed E-state index contributed by atoms with van der Waals surface area (Å²) in [4.78, 5) is 41.3. The molecule has 0 bridgehead atoms. The van der Waals surface area contributed by atoms with Crippen LogP contribution >= 0.6 is 0 Å². The second-order valence-corrected chi connectivity index (χ2v) is 10.4. The van der Waals surface area contributed by atoms with Gasteiger partial charge in [0, 0.05) is 58.0 Å². The van der Waals surface area contributed by atoms with Gasteiger partial charge in [0.25, 0.3) is 0 Å². The number of hydrogen-bond acceptors (Lipinski definition) is 6. The third kappa shape index (κ3) is 9.16. The topological polar surface area (TPSA) is 120 Å². The molecule has 3 aromatic rings. The number of hydrogen-bond donors (Lipinski definition) is 4. The second-order valence-electron chi connectivity index (χ2n) is 10.4. The average Bonchev–Trinajstić information content (AvgIpc) is 3.00. The zero-order chi connectivity index (χ0) is 31.7. The molecule has 0 radical (unpaired) electrons. The van der Waals surface area contributed by atoms with E-state index in [1.54, 1.807) is 66.4 Å². The first-order valence-corrected chi connectivity index (χ1v) is 14.1. The summed E-state index contributed by atoms with van der Waals surface area (Å²) in [5.41, 5.74) is 7.61. The number of nitrogen functional groups attached to an aromatic ring is 1. The van der Waals surface area contributed by atoms with Gasteiger partial charge in [0.1, 0.15) is 6.04 Å². The van der Waals surface area contributed by atoms with Gasteiger partial charge < -0.3 is 26.6 Å². The van der Waals surface area contributed by atoms with Crippen molar-refractivity contribution in [3.8, 4) is 0 Å². The van der Waals surface area contributed by atoms with Crippen LogP contribution in [0.5, 0.6) is 0 Å². The van der Waals surface area contributed by atoms with E-state index in [2.05, 4.69) is 20.9 Å². The first-order valence-electron chi connectivity index (χ1n) is 14.1. The zero-order valence-corrected chi connectivity index (χ0v) is 24.2. The predicted octanol–water partition coefficient (Wildman–Crippen LogP) is 4.37. The van der Waals surface area contributed by atoms with E-state index in [1.165, 1.54) is 18.2 Å². The van der Waals surface area contributed by atoms with Crippen molar-refractivity contribution in [2.75, 3.05) is 55.6 Å². The molecule has 5 N–H and O–H groups in total. The van der Waals surface area contributed by atoms with Crippen LogP contribution in [0.4, 0.5) is 30.2 Å². The van der Waals surface area contributed by atoms with Crippen molar-refractivity contribution < 1.29 is 27.6 Å². The minimum absolute atomic E-state index is 0.0441. The van der Waals surface area contributed by atoms with Gasteiger partial charge in [-0.1, -0.05) is 36.4 Å². The molecule has 1 atom stereocenters. The van der Waals surface area contributed by atoms with E-state index >= 15 is 0 Å². The molecule has 1 aliphatic rings. The Kier molecular flexibility index (Phi) is 10.7. The fraction of sp³-hybridized carbons (Fsp3) is 0.281. The van der Waals surface area contributed by atoms with Gasteiger partial charge in [-0.2, -0.15) is 13.2 Å². The van der Waals surface area contributed by atoms with E-state index in [0.29, 0.717) is 43.1 Å². The highest BCUT2D eigenvalue weighted by Gasteiger charge is 2.30. The maximum atomic E-state index is 13.4. The van der Waals surface area contributed by atoms with Crippen LogP contribution in [-0.2, 0) is 20.6 Å². The van der Waals surface area contributed by atoms with Crippen molar-refractivity contribution in [2.24, 2.45) is 0 Å². The van der Waals surface area contributed by atoms with Crippen molar-refractivity contribution in [3.63, 3.8) is 0 Å². The molecule has 3 amide bonds. The van der Waals surface area contributed by atoms with Crippen molar-refractivity contribution >= 4 is 40.9 Å². The van der Waals surface area contributed by atoms with Gasteiger partial charge in [-0.3, -0.25) is 19.3 Å². The van der Waals surface area contributed by atoms with Gasteiger partial charge in [0.05, 0.1) is 16.9 Å². The van der Waals surface area contributed by atoms with E-state index in [9.17, 15) is 27.6 Å². The highest BCUT2D eigenvalue weighted by atomic mass is 19.4. The van der Waals surface area contributed by atoms with Gasteiger partial charge in [-0.25, -0.2) is 0 Å². The summed E-state index contributed by atoms with van der Waals surface area (Å²) in [5.74, 6) is -0.747. The molecule has 12 heteroatoms. The third-order valence-electron chi connectivity index (χ3n) is 7.25. The van der Waals surface area contributed by atoms with Crippen LogP contribution < -0.4 is 21.7 Å². The Balaban J connectivity index is 1.42. The van der Waals surface area contributed by atoms with E-state index in [4.69, 9.17) is 5.73 Å². The van der Waals surface area contributed by atoms with Crippen molar-refractivity contribution in [1.82, 2.24) is 15.1 Å². The van der Waals surface area contributed by atoms with Crippen LogP contribution in [0.1, 0.15) is 29.7 Å². The standard InChI is InChI=1S/C32H35F3N6O3/c1-22(42)41-20-18-40(19-21-41)17-16-37-30(31(44)38-26-13-11-25(12-14-26)32(33,34)35)24-9-6-23(7-10-24)8-15-29(43)39-28-5-3-2-4-27(28)36/h2-15,30,37H,16-21,36H2,1H3,(H,38,44)(H,39,43). The van der Waals surface area contributed by atoms with E-state index < -0.39 is 23.7 Å². The number of carbonyl (C=O) groups excluding carboxylic acids is 3. The summed E-state index contributed by atoms with van der Waals surface area (Å²) in [6.45, 7) is 5.35. The molecule has 0 aromatic heterocycles. The second kappa shape index (κ2) is 14.7. The van der Waals surface area contributed by atoms with Crippen LogP contribution in [0, 0.1) is 0 Å². The number of nitrogens with one attached hydrogen (secondary N) is 3. The predicted molar refractivity (Wildman–Crippen MR) is 164 cm³/mol. The van der Waals surface area contributed by atoms with Crippen molar-refractivity contribution in [1.29, 1.82) is 0 Å². The minimum Gasteiger partial charge on any atom is -0.397 e. The number of nitrogens with two attached hydrogens (primary N) is 1. The number of para-hydroxylation sites is 2. The van der Waals surface area contributed by atoms with Gasteiger partial charge in [0.15, 0.2) is 0 Å². The van der Waals surface area contributed by atoms with Crippen LogP contribution in [0.3, 0.4) is 0 Å². The van der Waals surface area contributed by atoms with Gasteiger partial charge >= 0.3 is 6.18 Å². The lowest BCUT2D eigenvalue weighted by Crippen LogP contribution is -2.49.